The summed E-state index contributed by atoms with van der Waals surface area (Å²) in [6.07, 6.45) is 1.12. The number of aliphatic hydroxyl groups is 1. The lowest BCUT2D eigenvalue weighted by molar-refractivity contribution is 0.0814. The highest BCUT2D eigenvalue weighted by molar-refractivity contribution is 9.09. The highest BCUT2D eigenvalue weighted by atomic mass is 79.9. The molecule has 0 spiro atoms. The Morgan fingerprint density at radius 3 is 2.38 bits per heavy atom. The van der Waals surface area contributed by atoms with E-state index in [9.17, 15) is 5.11 Å². The van der Waals surface area contributed by atoms with Gasteiger partial charge in [-0.2, -0.15) is 0 Å². The molecule has 0 aromatic rings. The minimum absolute atomic E-state index is 0.211. The topological polar surface area (TPSA) is 23.5 Å². The molecular weight excluding hydrogens is 230 g/mol. The normalized spacial score (nSPS) is 33.2. The maximum absolute atomic E-state index is 9.49. The van der Waals surface area contributed by atoms with Crippen molar-refractivity contribution in [3.05, 3.63) is 0 Å². The van der Waals surface area contributed by atoms with Gasteiger partial charge in [0.2, 0.25) is 0 Å². The maximum atomic E-state index is 9.49. The van der Waals surface area contributed by atoms with Crippen molar-refractivity contribution in [2.45, 2.75) is 26.4 Å². The summed E-state index contributed by atoms with van der Waals surface area (Å²) in [6.45, 7) is 7.70. The molecule has 3 unspecified atom stereocenters. The Hall–Kier alpha value is 0.400. The van der Waals surface area contributed by atoms with Crippen molar-refractivity contribution < 1.29 is 5.11 Å². The van der Waals surface area contributed by atoms with Crippen LogP contribution in [0.3, 0.4) is 0 Å². The summed E-state index contributed by atoms with van der Waals surface area (Å²) < 4.78 is 0. The quantitative estimate of drug-likeness (QED) is 0.771. The third kappa shape index (κ3) is 3.96. The number of aliphatic hydroxyl groups excluding tert-OH is 1. The van der Waals surface area contributed by atoms with Crippen molar-refractivity contribution in [3.63, 3.8) is 0 Å². The largest absolute Gasteiger partial charge is 0.391 e. The number of piperidine rings is 1. The zero-order valence-electron chi connectivity index (χ0n) is 8.54. The predicted molar refractivity (Wildman–Crippen MR) is 59.2 cm³/mol. The second-order valence-electron chi connectivity index (χ2n) is 4.47. The van der Waals surface area contributed by atoms with Crippen LogP contribution >= 0.6 is 15.9 Å². The molecule has 78 valence electrons. The number of hydrogen-bond acceptors (Lipinski definition) is 2. The third-order valence-corrected chi connectivity index (χ3v) is 3.34. The molecule has 1 rings (SSSR count). The summed E-state index contributed by atoms with van der Waals surface area (Å²) in [4.78, 5) is 2.38. The van der Waals surface area contributed by atoms with Crippen LogP contribution in [-0.2, 0) is 0 Å². The van der Waals surface area contributed by atoms with Gasteiger partial charge in [-0.25, -0.2) is 0 Å². The Kier molecular flexibility index (Phi) is 4.70. The first-order chi connectivity index (χ1) is 6.11. The van der Waals surface area contributed by atoms with Gasteiger partial charge in [-0.15, -0.1) is 0 Å². The molecule has 0 aromatic carbocycles. The molecule has 1 saturated heterocycles. The van der Waals surface area contributed by atoms with Gasteiger partial charge in [0.1, 0.15) is 0 Å². The standard InChI is InChI=1S/C10H20BrNO/c1-8-3-9(2)6-12(5-8)7-10(13)4-11/h8-10,13H,3-7H2,1-2H3. The van der Waals surface area contributed by atoms with E-state index in [2.05, 4.69) is 34.7 Å². The van der Waals surface area contributed by atoms with E-state index >= 15 is 0 Å². The fourth-order valence-electron chi connectivity index (χ4n) is 2.29. The van der Waals surface area contributed by atoms with Crippen LogP contribution in [0.4, 0.5) is 0 Å². The van der Waals surface area contributed by atoms with Gasteiger partial charge >= 0.3 is 0 Å². The first-order valence-corrected chi connectivity index (χ1v) is 6.20. The molecule has 3 atom stereocenters. The lowest BCUT2D eigenvalue weighted by atomic mass is 9.92. The number of hydrogen-bond donors (Lipinski definition) is 1. The Morgan fingerprint density at radius 1 is 1.38 bits per heavy atom. The molecule has 0 bridgehead atoms. The van der Waals surface area contributed by atoms with E-state index in [4.69, 9.17) is 0 Å². The first-order valence-electron chi connectivity index (χ1n) is 5.08. The molecule has 1 aliphatic heterocycles. The van der Waals surface area contributed by atoms with Gasteiger partial charge in [-0.3, -0.25) is 0 Å². The van der Waals surface area contributed by atoms with Crippen LogP contribution in [0.15, 0.2) is 0 Å². The molecule has 1 N–H and O–H groups in total. The zero-order valence-corrected chi connectivity index (χ0v) is 10.1. The van der Waals surface area contributed by atoms with Crippen molar-refractivity contribution in [1.29, 1.82) is 0 Å². The molecular formula is C10H20BrNO. The number of likely N-dealkylation sites (tertiary alicyclic amines) is 1. The predicted octanol–water partition coefficient (Wildman–Crippen LogP) is 1.72. The average molecular weight is 250 g/mol. The van der Waals surface area contributed by atoms with Crippen molar-refractivity contribution in [1.82, 2.24) is 4.90 Å². The van der Waals surface area contributed by atoms with Gasteiger partial charge in [0.25, 0.3) is 0 Å². The summed E-state index contributed by atoms with van der Waals surface area (Å²) in [5.74, 6) is 1.57. The summed E-state index contributed by atoms with van der Waals surface area (Å²) in [5.41, 5.74) is 0. The van der Waals surface area contributed by atoms with Crippen molar-refractivity contribution in [2.75, 3.05) is 25.0 Å². The Morgan fingerprint density at radius 2 is 1.92 bits per heavy atom. The second kappa shape index (κ2) is 5.32. The highest BCUT2D eigenvalue weighted by Crippen LogP contribution is 2.20. The molecule has 0 aliphatic carbocycles. The van der Waals surface area contributed by atoms with E-state index in [1.54, 1.807) is 0 Å². The van der Waals surface area contributed by atoms with E-state index in [0.717, 1.165) is 31.5 Å². The van der Waals surface area contributed by atoms with Crippen molar-refractivity contribution in [2.24, 2.45) is 11.8 Å². The van der Waals surface area contributed by atoms with Gasteiger partial charge in [0.15, 0.2) is 0 Å². The van der Waals surface area contributed by atoms with Crippen LogP contribution in [0.5, 0.6) is 0 Å². The first kappa shape index (κ1) is 11.5. The molecule has 0 saturated carbocycles. The number of alkyl halides is 1. The van der Waals surface area contributed by atoms with E-state index in [0.29, 0.717) is 5.33 Å². The smallest absolute Gasteiger partial charge is 0.0763 e. The number of nitrogens with zero attached hydrogens (tertiary/aromatic N) is 1. The van der Waals surface area contributed by atoms with Gasteiger partial charge in [-0.1, -0.05) is 29.8 Å². The lowest BCUT2D eigenvalue weighted by Crippen LogP contribution is -2.43. The van der Waals surface area contributed by atoms with Crippen molar-refractivity contribution in [3.8, 4) is 0 Å². The number of rotatable bonds is 3. The van der Waals surface area contributed by atoms with E-state index < -0.39 is 0 Å². The Balaban J connectivity index is 2.32. The molecule has 0 radical (unpaired) electrons. The van der Waals surface area contributed by atoms with E-state index in [1.807, 2.05) is 0 Å². The van der Waals surface area contributed by atoms with Gasteiger partial charge in [-0.05, 0) is 18.3 Å². The average Bonchev–Trinajstić information content (AvgIpc) is 2.02. The minimum atomic E-state index is -0.211. The van der Waals surface area contributed by atoms with Crippen LogP contribution in [0.25, 0.3) is 0 Å². The molecule has 1 fully saturated rings. The number of halogens is 1. The fourth-order valence-corrected chi connectivity index (χ4v) is 2.49. The molecule has 0 amide bonds. The van der Waals surface area contributed by atoms with Gasteiger partial charge in [0.05, 0.1) is 6.10 Å². The number of β-amino-alcohol motifs (C(OH)–C–C–N with tert-alkyl or cyclic N) is 1. The summed E-state index contributed by atoms with van der Waals surface area (Å²) >= 11 is 3.30. The monoisotopic (exact) mass is 249 g/mol. The highest BCUT2D eigenvalue weighted by Gasteiger charge is 2.22. The summed E-state index contributed by atoms with van der Waals surface area (Å²) in [5, 5.41) is 10.2. The molecule has 13 heavy (non-hydrogen) atoms. The molecule has 2 nitrogen and oxygen atoms in total. The third-order valence-electron chi connectivity index (χ3n) is 2.59. The summed E-state index contributed by atoms with van der Waals surface area (Å²) in [6, 6.07) is 0. The van der Waals surface area contributed by atoms with Crippen LogP contribution in [0.2, 0.25) is 0 Å². The second-order valence-corrected chi connectivity index (χ2v) is 5.12. The zero-order chi connectivity index (χ0) is 9.84. The van der Waals surface area contributed by atoms with E-state index in [1.165, 1.54) is 6.42 Å². The minimum Gasteiger partial charge on any atom is -0.391 e. The molecule has 3 heteroatoms. The summed E-state index contributed by atoms with van der Waals surface area (Å²) in [7, 11) is 0. The maximum Gasteiger partial charge on any atom is 0.0763 e. The Labute approximate surface area is 89.4 Å². The Bertz CT molecular complexity index is 144. The van der Waals surface area contributed by atoms with Crippen LogP contribution < -0.4 is 0 Å². The van der Waals surface area contributed by atoms with Gasteiger partial charge < -0.3 is 10.0 Å². The molecule has 1 heterocycles. The van der Waals surface area contributed by atoms with Crippen LogP contribution in [0.1, 0.15) is 20.3 Å². The van der Waals surface area contributed by atoms with Gasteiger partial charge in [0, 0.05) is 25.0 Å². The fraction of sp³-hybridized carbons (Fsp3) is 1.00. The molecule has 1 aliphatic rings. The van der Waals surface area contributed by atoms with Crippen molar-refractivity contribution >= 4 is 15.9 Å². The lowest BCUT2D eigenvalue weighted by Gasteiger charge is -2.35. The molecule has 0 aromatic heterocycles. The SMILES string of the molecule is CC1CC(C)CN(CC(O)CBr)C1. The van der Waals surface area contributed by atoms with Crippen LogP contribution in [0, 0.1) is 11.8 Å². The van der Waals surface area contributed by atoms with Crippen LogP contribution in [-0.4, -0.2) is 41.1 Å². The van der Waals surface area contributed by atoms with E-state index in [-0.39, 0.29) is 6.10 Å².